The summed E-state index contributed by atoms with van der Waals surface area (Å²) in [6.45, 7) is 1.57. The van der Waals surface area contributed by atoms with Crippen LogP contribution in [0.4, 0.5) is 0 Å². The quantitative estimate of drug-likeness (QED) is 0.800. The molecule has 2 aromatic carbocycles. The molecule has 0 radical (unpaired) electrons. The van der Waals surface area contributed by atoms with E-state index in [0.29, 0.717) is 28.0 Å². The lowest BCUT2D eigenvalue weighted by Gasteiger charge is -2.07. The minimum absolute atomic E-state index is 0.137. The Kier molecular flexibility index (Phi) is 4.46. The highest BCUT2D eigenvalue weighted by Crippen LogP contribution is 2.29. The van der Waals surface area contributed by atoms with Crippen LogP contribution >= 0.6 is 23.2 Å². The molecule has 0 spiro atoms. The predicted molar refractivity (Wildman–Crippen MR) is 77.4 cm³/mol. The lowest BCUT2D eigenvalue weighted by Crippen LogP contribution is -1.95. The molecule has 19 heavy (non-hydrogen) atoms. The first-order valence-corrected chi connectivity index (χ1v) is 6.51. The first-order chi connectivity index (χ1) is 9.04. The van der Waals surface area contributed by atoms with Gasteiger partial charge in [-0.05, 0) is 36.8 Å². The van der Waals surface area contributed by atoms with Crippen LogP contribution in [0.25, 0.3) is 0 Å². The van der Waals surface area contributed by atoms with Crippen molar-refractivity contribution < 1.29 is 9.53 Å². The number of hydrogen-bond acceptors (Lipinski definition) is 2. The van der Waals surface area contributed by atoms with Crippen LogP contribution in [0.15, 0.2) is 42.5 Å². The smallest absolute Gasteiger partial charge is 0.134 e. The predicted octanol–water partition coefficient (Wildman–Crippen LogP) is 4.92. The van der Waals surface area contributed by atoms with Gasteiger partial charge in [-0.1, -0.05) is 35.3 Å². The molecule has 98 valence electrons. The van der Waals surface area contributed by atoms with Crippen molar-refractivity contribution >= 4 is 29.0 Å². The van der Waals surface area contributed by atoms with E-state index in [1.54, 1.807) is 25.1 Å². The highest BCUT2D eigenvalue weighted by molar-refractivity contribution is 6.42. The minimum atomic E-state index is 0.137. The van der Waals surface area contributed by atoms with Crippen LogP contribution in [0.3, 0.4) is 0 Å². The molecule has 0 amide bonds. The highest BCUT2D eigenvalue weighted by Gasteiger charge is 2.03. The van der Waals surface area contributed by atoms with Gasteiger partial charge in [0.2, 0.25) is 0 Å². The Labute approximate surface area is 121 Å². The number of Topliss-reactive ketones (excluding diaryl/α,β-unsaturated/α-hetero) is 1. The SMILES string of the molecule is CC(=O)Cc1ccc(Oc2ccc(Cl)c(Cl)c2)cc1. The summed E-state index contributed by atoms with van der Waals surface area (Å²) in [6.07, 6.45) is 0.438. The van der Waals surface area contributed by atoms with Crippen LogP contribution < -0.4 is 4.74 Å². The second-order valence-electron chi connectivity index (χ2n) is 4.20. The molecule has 0 aliphatic rings. The molecule has 2 nitrogen and oxygen atoms in total. The van der Waals surface area contributed by atoms with Crippen LogP contribution in [0.2, 0.25) is 10.0 Å². The second kappa shape index (κ2) is 6.09. The Morgan fingerprint density at radius 3 is 2.21 bits per heavy atom. The Morgan fingerprint density at radius 2 is 1.63 bits per heavy atom. The summed E-state index contributed by atoms with van der Waals surface area (Å²) in [5.74, 6) is 1.44. The maximum Gasteiger partial charge on any atom is 0.134 e. The van der Waals surface area contributed by atoms with E-state index in [1.165, 1.54) is 0 Å². The van der Waals surface area contributed by atoms with E-state index in [4.69, 9.17) is 27.9 Å². The average Bonchev–Trinajstić information content (AvgIpc) is 2.36. The average molecular weight is 295 g/mol. The zero-order valence-corrected chi connectivity index (χ0v) is 11.8. The van der Waals surface area contributed by atoms with Gasteiger partial charge in [0.05, 0.1) is 10.0 Å². The van der Waals surface area contributed by atoms with Gasteiger partial charge in [0.1, 0.15) is 17.3 Å². The van der Waals surface area contributed by atoms with E-state index < -0.39 is 0 Å². The van der Waals surface area contributed by atoms with Crippen molar-refractivity contribution in [1.82, 2.24) is 0 Å². The Morgan fingerprint density at radius 1 is 1.00 bits per heavy atom. The van der Waals surface area contributed by atoms with E-state index in [0.717, 1.165) is 5.56 Å². The molecule has 0 heterocycles. The molecule has 0 aromatic heterocycles. The first kappa shape index (κ1) is 13.9. The number of ketones is 1. The summed E-state index contributed by atoms with van der Waals surface area (Å²) in [5, 5.41) is 0.943. The molecule has 0 saturated carbocycles. The minimum Gasteiger partial charge on any atom is -0.457 e. The number of rotatable bonds is 4. The third-order valence-electron chi connectivity index (χ3n) is 2.50. The number of benzene rings is 2. The zero-order chi connectivity index (χ0) is 13.8. The lowest BCUT2D eigenvalue weighted by atomic mass is 10.1. The molecule has 0 N–H and O–H groups in total. The summed E-state index contributed by atoms with van der Waals surface area (Å²) < 4.78 is 5.65. The maximum absolute atomic E-state index is 11.0. The van der Waals surface area contributed by atoms with Gasteiger partial charge < -0.3 is 4.74 Å². The molecule has 0 aliphatic heterocycles. The van der Waals surface area contributed by atoms with Gasteiger partial charge >= 0.3 is 0 Å². The van der Waals surface area contributed by atoms with Crippen molar-refractivity contribution in [1.29, 1.82) is 0 Å². The molecule has 0 fully saturated rings. The van der Waals surface area contributed by atoms with E-state index >= 15 is 0 Å². The van der Waals surface area contributed by atoms with Crippen LogP contribution in [-0.2, 0) is 11.2 Å². The number of halogens is 2. The Hall–Kier alpha value is -1.51. The first-order valence-electron chi connectivity index (χ1n) is 5.76. The molecule has 2 aromatic rings. The molecule has 2 rings (SSSR count). The standard InChI is InChI=1S/C15H12Cl2O2/c1-10(18)8-11-2-4-12(5-3-11)19-13-6-7-14(16)15(17)9-13/h2-7,9H,8H2,1H3. The van der Waals surface area contributed by atoms with E-state index in [1.807, 2.05) is 24.3 Å². The van der Waals surface area contributed by atoms with Gasteiger partial charge in [-0.3, -0.25) is 4.79 Å². The van der Waals surface area contributed by atoms with Crippen molar-refractivity contribution in [3.8, 4) is 11.5 Å². The van der Waals surface area contributed by atoms with Crippen molar-refractivity contribution in [3.63, 3.8) is 0 Å². The fraction of sp³-hybridized carbons (Fsp3) is 0.133. The monoisotopic (exact) mass is 294 g/mol. The maximum atomic E-state index is 11.0. The topological polar surface area (TPSA) is 26.3 Å². The van der Waals surface area contributed by atoms with Gasteiger partial charge in [0.15, 0.2) is 0 Å². The molecular weight excluding hydrogens is 283 g/mol. The summed E-state index contributed by atoms with van der Waals surface area (Å²) in [5.41, 5.74) is 0.967. The molecule has 0 saturated heterocycles. The normalized spacial score (nSPS) is 10.3. The molecule has 0 unspecified atom stereocenters. The molecule has 0 aliphatic carbocycles. The van der Waals surface area contributed by atoms with Crippen LogP contribution in [0.1, 0.15) is 12.5 Å². The molecular formula is C15H12Cl2O2. The van der Waals surface area contributed by atoms with Gasteiger partial charge in [0, 0.05) is 12.5 Å². The van der Waals surface area contributed by atoms with Crippen molar-refractivity contribution in [2.45, 2.75) is 13.3 Å². The van der Waals surface area contributed by atoms with Crippen LogP contribution in [-0.4, -0.2) is 5.78 Å². The van der Waals surface area contributed by atoms with Crippen molar-refractivity contribution in [3.05, 3.63) is 58.1 Å². The lowest BCUT2D eigenvalue weighted by molar-refractivity contribution is -0.116. The molecule has 0 bridgehead atoms. The number of ether oxygens (including phenoxy) is 1. The van der Waals surface area contributed by atoms with Crippen LogP contribution in [0.5, 0.6) is 11.5 Å². The fourth-order valence-corrected chi connectivity index (χ4v) is 1.93. The summed E-state index contributed by atoms with van der Waals surface area (Å²) >= 11 is 11.7. The highest BCUT2D eigenvalue weighted by atomic mass is 35.5. The summed E-state index contributed by atoms with van der Waals surface area (Å²) in [7, 11) is 0. The Bertz CT molecular complexity index is 592. The Balaban J connectivity index is 2.10. The van der Waals surface area contributed by atoms with Gasteiger partial charge in [-0.2, -0.15) is 0 Å². The third kappa shape index (κ3) is 3.98. The molecule has 4 heteroatoms. The third-order valence-corrected chi connectivity index (χ3v) is 3.24. The zero-order valence-electron chi connectivity index (χ0n) is 10.3. The number of carbonyl (C=O) groups excluding carboxylic acids is 1. The van der Waals surface area contributed by atoms with Gasteiger partial charge in [-0.15, -0.1) is 0 Å². The van der Waals surface area contributed by atoms with Crippen LogP contribution in [0, 0.1) is 0 Å². The van der Waals surface area contributed by atoms with E-state index in [2.05, 4.69) is 0 Å². The van der Waals surface area contributed by atoms with Crippen molar-refractivity contribution in [2.24, 2.45) is 0 Å². The van der Waals surface area contributed by atoms with Crippen molar-refractivity contribution in [2.75, 3.05) is 0 Å². The van der Waals surface area contributed by atoms with E-state index in [9.17, 15) is 4.79 Å². The largest absolute Gasteiger partial charge is 0.457 e. The second-order valence-corrected chi connectivity index (χ2v) is 5.02. The summed E-state index contributed by atoms with van der Waals surface area (Å²) in [6, 6.07) is 12.5. The fourth-order valence-electron chi connectivity index (χ4n) is 1.64. The van der Waals surface area contributed by atoms with Gasteiger partial charge in [-0.25, -0.2) is 0 Å². The number of hydrogen-bond donors (Lipinski definition) is 0. The van der Waals surface area contributed by atoms with Gasteiger partial charge in [0.25, 0.3) is 0 Å². The summed E-state index contributed by atoms with van der Waals surface area (Å²) in [4.78, 5) is 11.0. The molecule has 0 atom stereocenters. The number of carbonyl (C=O) groups is 1. The van der Waals surface area contributed by atoms with E-state index in [-0.39, 0.29) is 5.78 Å².